The number of anilines is 1. The first-order chi connectivity index (χ1) is 18.4. The van der Waals surface area contributed by atoms with Gasteiger partial charge >= 0.3 is 0 Å². The van der Waals surface area contributed by atoms with Crippen molar-refractivity contribution in [1.82, 2.24) is 14.7 Å². The maximum absolute atomic E-state index is 14.1. The fraction of sp³-hybridized carbons (Fsp3) is 0.393. The van der Waals surface area contributed by atoms with Crippen molar-refractivity contribution in [1.29, 1.82) is 0 Å². The summed E-state index contributed by atoms with van der Waals surface area (Å²) in [5.74, 6) is -1.10. The third-order valence-corrected chi connectivity index (χ3v) is 7.81. The van der Waals surface area contributed by atoms with Crippen molar-refractivity contribution < 1.29 is 28.3 Å². The van der Waals surface area contributed by atoms with Crippen LogP contribution < -0.4 is 4.90 Å². The number of aromatic nitrogens is 3. The Morgan fingerprint density at radius 3 is 2.58 bits per heavy atom. The average Bonchev–Trinajstić information content (AvgIpc) is 3.60. The summed E-state index contributed by atoms with van der Waals surface area (Å²) in [7, 11) is 0. The predicted molar refractivity (Wildman–Crippen MR) is 135 cm³/mol. The molecule has 0 radical (unpaired) electrons. The van der Waals surface area contributed by atoms with Crippen molar-refractivity contribution in [3.63, 3.8) is 0 Å². The first-order valence-electron chi connectivity index (χ1n) is 12.9. The summed E-state index contributed by atoms with van der Waals surface area (Å²) in [6.07, 6.45) is 3.26. The predicted octanol–water partition coefficient (Wildman–Crippen LogP) is 5.11. The Morgan fingerprint density at radius 2 is 1.84 bits per heavy atom. The Hall–Kier alpha value is -3.63. The van der Waals surface area contributed by atoms with Crippen LogP contribution in [0.3, 0.4) is 0 Å². The second kappa shape index (κ2) is 9.59. The van der Waals surface area contributed by atoms with Crippen molar-refractivity contribution in [3.8, 4) is 11.1 Å². The number of halogens is 2. The first-order valence-corrected chi connectivity index (χ1v) is 12.9. The van der Waals surface area contributed by atoms with Crippen LogP contribution in [0.25, 0.3) is 22.2 Å². The quantitative estimate of drug-likeness (QED) is 0.377. The topological polar surface area (TPSA) is 105 Å². The van der Waals surface area contributed by atoms with Crippen LogP contribution in [0.2, 0.25) is 0 Å². The normalized spacial score (nSPS) is 22.1. The van der Waals surface area contributed by atoms with Gasteiger partial charge in [-0.15, -0.1) is 0 Å². The smallest absolute Gasteiger partial charge is 0.227 e. The van der Waals surface area contributed by atoms with Crippen LogP contribution in [0.5, 0.6) is 0 Å². The summed E-state index contributed by atoms with van der Waals surface area (Å²) >= 11 is 0. The molecule has 2 aromatic heterocycles. The first kappa shape index (κ1) is 24.7. The Kier molecular flexibility index (Phi) is 6.23. The van der Waals surface area contributed by atoms with E-state index in [-0.39, 0.29) is 31.1 Å². The fourth-order valence-electron chi connectivity index (χ4n) is 5.99. The lowest BCUT2D eigenvalue weighted by Crippen LogP contribution is -2.31. The molecule has 3 heterocycles. The van der Waals surface area contributed by atoms with E-state index in [1.165, 1.54) is 11.0 Å². The summed E-state index contributed by atoms with van der Waals surface area (Å²) in [4.78, 5) is 19.6. The highest BCUT2D eigenvalue weighted by atomic mass is 19.2. The second-order valence-corrected chi connectivity index (χ2v) is 10.1. The zero-order valence-corrected chi connectivity index (χ0v) is 20.9. The van der Waals surface area contributed by atoms with Crippen LogP contribution in [0, 0.1) is 18.6 Å². The molecule has 0 spiro atoms. The van der Waals surface area contributed by atoms with Crippen molar-refractivity contribution in [2.75, 3.05) is 4.90 Å². The minimum absolute atomic E-state index is 0.0667. The van der Waals surface area contributed by atoms with Crippen LogP contribution in [0.15, 0.2) is 40.9 Å². The van der Waals surface area contributed by atoms with Gasteiger partial charge in [-0.05, 0) is 68.9 Å². The minimum Gasteiger partial charge on any atom is -0.393 e. The van der Waals surface area contributed by atoms with E-state index in [0.29, 0.717) is 53.3 Å². The van der Waals surface area contributed by atoms with Gasteiger partial charge in [-0.3, -0.25) is 4.79 Å². The lowest BCUT2D eigenvalue weighted by molar-refractivity contribution is -0.117. The lowest BCUT2D eigenvalue weighted by atomic mass is 9.92. The molecular weight excluding hydrogens is 494 g/mol. The lowest BCUT2D eigenvalue weighted by Gasteiger charge is -2.31. The average molecular weight is 523 g/mol. The third kappa shape index (κ3) is 4.08. The molecule has 1 unspecified atom stereocenters. The molecule has 2 aromatic carbocycles. The number of benzene rings is 2. The summed E-state index contributed by atoms with van der Waals surface area (Å²) < 4.78 is 35.3. The molecule has 1 saturated heterocycles. The molecule has 1 saturated carbocycles. The highest BCUT2D eigenvalue weighted by Gasteiger charge is 2.38. The Morgan fingerprint density at radius 1 is 1.05 bits per heavy atom. The van der Waals surface area contributed by atoms with Gasteiger partial charge in [0.05, 0.1) is 34.4 Å². The number of aryl methyl sites for hydroxylation is 1. The number of hydrogen-bond donors (Lipinski definition) is 2. The van der Waals surface area contributed by atoms with E-state index in [4.69, 9.17) is 9.51 Å². The maximum Gasteiger partial charge on any atom is 0.227 e. The number of aliphatic hydroxyl groups excluding tert-OH is 2. The van der Waals surface area contributed by atoms with E-state index >= 15 is 0 Å². The second-order valence-electron chi connectivity index (χ2n) is 10.1. The molecule has 2 N–H and O–H groups in total. The standard InChI is InChI=1S/C28H28F2N4O4/c1-15-27(25(14-35)38-32-15)16-2-9-23-22(12-16)31-28(34(23)17-3-6-19(36)7-4-17)24-10-11-26(37)33(24)18-5-8-20(29)21(30)13-18/h2,5,8-9,12-13,17,19,24,35-36H,3-4,6-7,10-11,14H2,1H3. The fourth-order valence-corrected chi connectivity index (χ4v) is 5.99. The number of aliphatic hydroxyl groups is 2. The number of rotatable bonds is 5. The van der Waals surface area contributed by atoms with Gasteiger partial charge in [0.25, 0.3) is 0 Å². The number of amides is 1. The molecule has 0 bridgehead atoms. The molecule has 38 heavy (non-hydrogen) atoms. The number of fused-ring (bicyclic) bond motifs is 1. The molecule has 198 valence electrons. The molecule has 6 rings (SSSR count). The van der Waals surface area contributed by atoms with E-state index in [9.17, 15) is 23.8 Å². The van der Waals surface area contributed by atoms with Crippen molar-refractivity contribution in [3.05, 3.63) is 65.3 Å². The van der Waals surface area contributed by atoms with E-state index in [2.05, 4.69) is 9.72 Å². The molecule has 1 aliphatic heterocycles. The molecule has 1 amide bonds. The van der Waals surface area contributed by atoms with Gasteiger partial charge in [-0.25, -0.2) is 13.8 Å². The maximum atomic E-state index is 14.1. The van der Waals surface area contributed by atoms with Gasteiger partial charge in [0.1, 0.15) is 12.4 Å². The zero-order valence-electron chi connectivity index (χ0n) is 20.9. The number of carbonyl (C=O) groups is 1. The van der Waals surface area contributed by atoms with Crippen LogP contribution >= 0.6 is 0 Å². The summed E-state index contributed by atoms with van der Waals surface area (Å²) in [5, 5.41) is 23.8. The number of hydrogen-bond acceptors (Lipinski definition) is 6. The van der Waals surface area contributed by atoms with Gasteiger partial charge in [0.2, 0.25) is 5.91 Å². The molecule has 1 atom stereocenters. The number of carbonyl (C=O) groups excluding carboxylic acids is 1. The van der Waals surface area contributed by atoms with Gasteiger partial charge < -0.3 is 24.2 Å². The largest absolute Gasteiger partial charge is 0.393 e. The molecule has 4 aromatic rings. The van der Waals surface area contributed by atoms with Crippen LogP contribution in [-0.2, 0) is 11.4 Å². The molecule has 2 aliphatic rings. The van der Waals surface area contributed by atoms with Crippen LogP contribution in [0.4, 0.5) is 14.5 Å². The van der Waals surface area contributed by atoms with E-state index in [1.807, 2.05) is 25.1 Å². The zero-order chi connectivity index (χ0) is 26.6. The highest BCUT2D eigenvalue weighted by molar-refractivity contribution is 5.96. The SMILES string of the molecule is Cc1noc(CO)c1-c1ccc2c(c1)nc(C1CCC(=O)N1c1ccc(F)c(F)c1)n2C1CCC(O)CC1. The third-order valence-electron chi connectivity index (χ3n) is 7.81. The van der Waals surface area contributed by atoms with Crippen molar-refractivity contribution in [2.24, 2.45) is 0 Å². The molecule has 8 nitrogen and oxygen atoms in total. The van der Waals surface area contributed by atoms with Crippen molar-refractivity contribution >= 4 is 22.6 Å². The summed E-state index contributed by atoms with van der Waals surface area (Å²) in [6, 6.07) is 8.94. The minimum atomic E-state index is -1.01. The number of imidazole rings is 1. The van der Waals surface area contributed by atoms with Crippen LogP contribution in [-0.4, -0.2) is 36.9 Å². The summed E-state index contributed by atoms with van der Waals surface area (Å²) in [5.41, 5.74) is 4.05. The van der Waals surface area contributed by atoms with Gasteiger partial charge in [-0.1, -0.05) is 11.2 Å². The molecule has 2 fully saturated rings. The van der Waals surface area contributed by atoms with E-state index in [0.717, 1.165) is 36.1 Å². The monoisotopic (exact) mass is 522 g/mol. The molecule has 1 aliphatic carbocycles. The number of nitrogens with zero attached hydrogens (tertiary/aromatic N) is 4. The Balaban J connectivity index is 1.50. The van der Waals surface area contributed by atoms with Gasteiger partial charge in [0, 0.05) is 24.2 Å². The Bertz CT molecular complexity index is 1520. The van der Waals surface area contributed by atoms with Crippen LogP contribution in [0.1, 0.15) is 67.9 Å². The van der Waals surface area contributed by atoms with Gasteiger partial charge in [0.15, 0.2) is 17.4 Å². The van der Waals surface area contributed by atoms with E-state index in [1.54, 1.807) is 0 Å². The summed E-state index contributed by atoms with van der Waals surface area (Å²) in [6.45, 7) is 1.52. The highest BCUT2D eigenvalue weighted by Crippen LogP contribution is 2.42. The van der Waals surface area contributed by atoms with E-state index < -0.39 is 17.7 Å². The van der Waals surface area contributed by atoms with Crippen molar-refractivity contribution in [2.45, 2.75) is 70.2 Å². The molecule has 10 heteroatoms. The Labute approximate surface area is 217 Å². The molecular formula is C28H28F2N4O4. The van der Waals surface area contributed by atoms with Gasteiger partial charge in [-0.2, -0.15) is 0 Å².